The molecule has 0 aliphatic heterocycles. The molecule has 0 radical (unpaired) electrons. The predicted molar refractivity (Wildman–Crippen MR) is 117 cm³/mol. The lowest BCUT2D eigenvalue weighted by atomic mass is 10.1. The van der Waals surface area contributed by atoms with Gasteiger partial charge >= 0.3 is 0 Å². The van der Waals surface area contributed by atoms with Gasteiger partial charge in [-0.15, -0.1) is 0 Å². The number of aromatic amines is 1. The van der Waals surface area contributed by atoms with Gasteiger partial charge in [-0.2, -0.15) is 0 Å². The maximum atomic E-state index is 4.70. The third kappa shape index (κ3) is 3.26. The van der Waals surface area contributed by atoms with Crippen molar-refractivity contribution in [2.45, 2.75) is 0 Å². The number of hydrogen-bond donors (Lipinski definition) is 2. The molecule has 0 spiro atoms. The normalized spacial score (nSPS) is 10.9. The van der Waals surface area contributed by atoms with Crippen LogP contribution in [0.3, 0.4) is 0 Å². The number of anilines is 2. The monoisotopic (exact) mass is 361 g/mol. The van der Waals surface area contributed by atoms with E-state index >= 15 is 0 Å². The second kappa shape index (κ2) is 7.05. The summed E-state index contributed by atoms with van der Waals surface area (Å²) in [6.07, 6.45) is 0. The molecule has 28 heavy (non-hydrogen) atoms. The molecule has 0 atom stereocenters. The summed E-state index contributed by atoms with van der Waals surface area (Å²) in [7, 11) is 0. The smallest absolute Gasteiger partial charge is 0.138 e. The Hall–Kier alpha value is -3.85. The van der Waals surface area contributed by atoms with E-state index in [0.29, 0.717) is 0 Å². The molecule has 4 aromatic carbocycles. The molecule has 5 aromatic rings. The van der Waals surface area contributed by atoms with E-state index in [4.69, 9.17) is 4.98 Å². The van der Waals surface area contributed by atoms with Gasteiger partial charge in [0.2, 0.25) is 0 Å². The number of aromatic nitrogens is 2. The molecule has 1 aromatic heterocycles. The number of H-pyrrole nitrogens is 1. The SMILES string of the molecule is c1ccc(-c2cccc(Nc3cccc(-c4nc5ccccc5[nH]4)c3)c2)cc1. The van der Waals surface area contributed by atoms with Gasteiger partial charge < -0.3 is 10.3 Å². The molecule has 0 bridgehead atoms. The Kier molecular flexibility index (Phi) is 4.11. The van der Waals surface area contributed by atoms with Crippen LogP contribution in [0.25, 0.3) is 33.5 Å². The van der Waals surface area contributed by atoms with E-state index in [1.54, 1.807) is 0 Å². The number of nitrogens with zero attached hydrogens (tertiary/aromatic N) is 1. The van der Waals surface area contributed by atoms with Crippen LogP contribution in [0.2, 0.25) is 0 Å². The first-order valence-electron chi connectivity index (χ1n) is 9.33. The van der Waals surface area contributed by atoms with E-state index in [0.717, 1.165) is 33.8 Å². The van der Waals surface area contributed by atoms with Crippen molar-refractivity contribution < 1.29 is 0 Å². The number of rotatable bonds is 4. The average molecular weight is 361 g/mol. The maximum absolute atomic E-state index is 4.70. The molecule has 0 saturated heterocycles. The lowest BCUT2D eigenvalue weighted by Crippen LogP contribution is -1.91. The molecule has 0 aliphatic rings. The molecule has 0 unspecified atom stereocenters. The highest BCUT2D eigenvalue weighted by Crippen LogP contribution is 2.27. The Balaban J connectivity index is 1.44. The van der Waals surface area contributed by atoms with Crippen LogP contribution >= 0.6 is 0 Å². The van der Waals surface area contributed by atoms with E-state index in [2.05, 4.69) is 77.0 Å². The van der Waals surface area contributed by atoms with E-state index in [-0.39, 0.29) is 0 Å². The Morgan fingerprint density at radius 3 is 2.00 bits per heavy atom. The fraction of sp³-hybridized carbons (Fsp3) is 0. The van der Waals surface area contributed by atoms with Crippen molar-refractivity contribution in [3.63, 3.8) is 0 Å². The van der Waals surface area contributed by atoms with Crippen LogP contribution in [0.5, 0.6) is 0 Å². The van der Waals surface area contributed by atoms with Crippen LogP contribution in [0.4, 0.5) is 11.4 Å². The van der Waals surface area contributed by atoms with Crippen molar-refractivity contribution in [1.29, 1.82) is 0 Å². The molecule has 0 amide bonds. The molecule has 5 rings (SSSR count). The summed E-state index contributed by atoms with van der Waals surface area (Å²) >= 11 is 0. The van der Waals surface area contributed by atoms with Gasteiger partial charge in [0.15, 0.2) is 0 Å². The first-order chi connectivity index (χ1) is 13.8. The van der Waals surface area contributed by atoms with Crippen molar-refractivity contribution in [2.24, 2.45) is 0 Å². The van der Waals surface area contributed by atoms with E-state index in [1.165, 1.54) is 11.1 Å². The number of benzene rings is 4. The Morgan fingerprint density at radius 1 is 0.571 bits per heavy atom. The Bertz CT molecular complexity index is 1210. The molecule has 3 nitrogen and oxygen atoms in total. The molecule has 134 valence electrons. The summed E-state index contributed by atoms with van der Waals surface area (Å²) in [5.74, 6) is 0.878. The van der Waals surface area contributed by atoms with Crippen LogP contribution < -0.4 is 5.32 Å². The van der Waals surface area contributed by atoms with Crippen LogP contribution in [0.15, 0.2) is 103 Å². The van der Waals surface area contributed by atoms with Crippen molar-refractivity contribution in [3.05, 3.63) is 103 Å². The van der Waals surface area contributed by atoms with Gasteiger partial charge in [-0.1, -0.05) is 66.7 Å². The molecule has 0 aliphatic carbocycles. The highest BCUT2D eigenvalue weighted by molar-refractivity contribution is 5.80. The fourth-order valence-corrected chi connectivity index (χ4v) is 3.41. The number of para-hydroxylation sites is 2. The first kappa shape index (κ1) is 16.3. The number of fused-ring (bicyclic) bond motifs is 1. The lowest BCUT2D eigenvalue weighted by molar-refractivity contribution is 1.33. The van der Waals surface area contributed by atoms with Crippen molar-refractivity contribution in [1.82, 2.24) is 9.97 Å². The number of nitrogens with one attached hydrogen (secondary N) is 2. The van der Waals surface area contributed by atoms with Gasteiger partial charge in [-0.3, -0.25) is 0 Å². The standard InChI is InChI=1S/C25H19N3/c1-2-8-18(9-3-1)19-10-6-12-21(16-19)26-22-13-7-11-20(17-22)25-27-23-14-4-5-15-24(23)28-25/h1-17,26H,(H,27,28). The summed E-state index contributed by atoms with van der Waals surface area (Å²) in [5.41, 5.74) is 7.57. The zero-order chi connectivity index (χ0) is 18.8. The van der Waals surface area contributed by atoms with Crippen LogP contribution in [0.1, 0.15) is 0 Å². The summed E-state index contributed by atoms with van der Waals surface area (Å²) in [6.45, 7) is 0. The fourth-order valence-electron chi connectivity index (χ4n) is 3.41. The minimum atomic E-state index is 0.878. The molecule has 3 heteroatoms. The summed E-state index contributed by atoms with van der Waals surface area (Å²) in [6, 6.07) is 35.3. The largest absolute Gasteiger partial charge is 0.355 e. The zero-order valence-corrected chi connectivity index (χ0v) is 15.3. The van der Waals surface area contributed by atoms with Crippen molar-refractivity contribution in [3.8, 4) is 22.5 Å². The number of hydrogen-bond acceptors (Lipinski definition) is 2. The van der Waals surface area contributed by atoms with E-state index in [1.807, 2.05) is 36.4 Å². The molecule has 1 heterocycles. The van der Waals surface area contributed by atoms with Gasteiger partial charge in [-0.05, 0) is 47.5 Å². The van der Waals surface area contributed by atoms with E-state index in [9.17, 15) is 0 Å². The minimum absolute atomic E-state index is 0.878. The summed E-state index contributed by atoms with van der Waals surface area (Å²) < 4.78 is 0. The van der Waals surface area contributed by atoms with Gasteiger partial charge in [-0.25, -0.2) is 4.98 Å². The zero-order valence-electron chi connectivity index (χ0n) is 15.3. The van der Waals surface area contributed by atoms with Gasteiger partial charge in [0, 0.05) is 16.9 Å². The minimum Gasteiger partial charge on any atom is -0.355 e. The summed E-state index contributed by atoms with van der Waals surface area (Å²) in [5, 5.41) is 3.52. The van der Waals surface area contributed by atoms with Crippen LogP contribution in [-0.2, 0) is 0 Å². The van der Waals surface area contributed by atoms with Gasteiger partial charge in [0.25, 0.3) is 0 Å². The van der Waals surface area contributed by atoms with Gasteiger partial charge in [0.05, 0.1) is 11.0 Å². The predicted octanol–water partition coefficient (Wildman–Crippen LogP) is 6.64. The number of imidazole rings is 1. The molecule has 2 N–H and O–H groups in total. The average Bonchev–Trinajstić information content (AvgIpc) is 3.19. The molecular formula is C25H19N3. The Labute approximate surface area is 163 Å². The first-order valence-corrected chi connectivity index (χ1v) is 9.33. The second-order valence-corrected chi connectivity index (χ2v) is 6.76. The third-order valence-corrected chi connectivity index (χ3v) is 4.78. The Morgan fingerprint density at radius 2 is 1.21 bits per heavy atom. The quantitative estimate of drug-likeness (QED) is 0.377. The second-order valence-electron chi connectivity index (χ2n) is 6.76. The van der Waals surface area contributed by atoms with Crippen molar-refractivity contribution in [2.75, 3.05) is 5.32 Å². The molecule has 0 saturated carbocycles. The van der Waals surface area contributed by atoms with Crippen LogP contribution in [0, 0.1) is 0 Å². The highest BCUT2D eigenvalue weighted by Gasteiger charge is 2.06. The van der Waals surface area contributed by atoms with Gasteiger partial charge in [0.1, 0.15) is 5.82 Å². The maximum Gasteiger partial charge on any atom is 0.138 e. The van der Waals surface area contributed by atoms with E-state index < -0.39 is 0 Å². The third-order valence-electron chi connectivity index (χ3n) is 4.78. The molecule has 0 fully saturated rings. The lowest BCUT2D eigenvalue weighted by Gasteiger charge is -2.10. The van der Waals surface area contributed by atoms with Crippen LogP contribution in [-0.4, -0.2) is 9.97 Å². The topological polar surface area (TPSA) is 40.7 Å². The highest BCUT2D eigenvalue weighted by atomic mass is 14.9. The van der Waals surface area contributed by atoms with Crippen molar-refractivity contribution >= 4 is 22.4 Å². The summed E-state index contributed by atoms with van der Waals surface area (Å²) in [4.78, 5) is 8.10. The molecular weight excluding hydrogens is 342 g/mol.